The molecular formula is C20H42NO+. The fourth-order valence-electron chi connectivity index (χ4n) is 3.22. The van der Waals surface area contributed by atoms with Crippen molar-refractivity contribution < 1.29 is 9.22 Å². The van der Waals surface area contributed by atoms with Crippen LogP contribution in [0.4, 0.5) is 0 Å². The van der Waals surface area contributed by atoms with Crippen molar-refractivity contribution in [2.75, 3.05) is 33.8 Å². The van der Waals surface area contributed by atoms with Gasteiger partial charge < -0.3 is 9.22 Å². The second-order valence-electron chi connectivity index (χ2n) is 8.02. The normalized spacial score (nSPS) is 17.9. The van der Waals surface area contributed by atoms with Gasteiger partial charge in [-0.3, -0.25) is 0 Å². The van der Waals surface area contributed by atoms with Crippen molar-refractivity contribution in [1.29, 1.82) is 0 Å². The third kappa shape index (κ3) is 12.5. The molecule has 0 aromatic carbocycles. The molecule has 0 bridgehead atoms. The molecule has 0 aliphatic carbocycles. The minimum absolute atomic E-state index is 0.597. The predicted octanol–water partition coefficient (Wildman–Crippen LogP) is 5.55. The summed E-state index contributed by atoms with van der Waals surface area (Å²) in [4.78, 5) is 0. The SMILES string of the molecule is CCCCCCCCCCCCCC[N+](C)(C)CCC1CO1. The van der Waals surface area contributed by atoms with Crippen molar-refractivity contribution >= 4 is 0 Å². The number of hydrogen-bond acceptors (Lipinski definition) is 1. The molecule has 2 nitrogen and oxygen atoms in total. The van der Waals surface area contributed by atoms with Gasteiger partial charge in [-0.1, -0.05) is 71.1 Å². The molecule has 0 saturated carbocycles. The molecule has 1 aliphatic rings. The van der Waals surface area contributed by atoms with Crippen molar-refractivity contribution in [3.05, 3.63) is 0 Å². The Balaban J connectivity index is 1.77. The second kappa shape index (κ2) is 12.4. The molecule has 1 saturated heterocycles. The molecule has 1 fully saturated rings. The number of rotatable bonds is 16. The van der Waals surface area contributed by atoms with Crippen LogP contribution in [0.15, 0.2) is 0 Å². The molecule has 0 radical (unpaired) electrons. The standard InChI is InChI=1S/C20H42NO/c1-4-5-6-7-8-9-10-11-12-13-14-15-17-21(2,3)18-16-20-19-22-20/h20H,4-19H2,1-3H3/q+1. The molecule has 0 aromatic rings. The first-order chi connectivity index (χ1) is 10.6. The van der Waals surface area contributed by atoms with Gasteiger partial charge in [-0.05, 0) is 12.8 Å². The van der Waals surface area contributed by atoms with E-state index in [9.17, 15) is 0 Å². The van der Waals surface area contributed by atoms with E-state index in [4.69, 9.17) is 4.74 Å². The Bertz CT molecular complexity index is 248. The van der Waals surface area contributed by atoms with Crippen molar-refractivity contribution in [3.8, 4) is 0 Å². The molecule has 22 heavy (non-hydrogen) atoms. The van der Waals surface area contributed by atoms with E-state index < -0.39 is 0 Å². The number of ether oxygens (including phenoxy) is 1. The van der Waals surface area contributed by atoms with Gasteiger partial charge >= 0.3 is 0 Å². The Morgan fingerprint density at radius 1 is 0.727 bits per heavy atom. The van der Waals surface area contributed by atoms with Gasteiger partial charge in [0.2, 0.25) is 0 Å². The van der Waals surface area contributed by atoms with Crippen LogP contribution in [0.3, 0.4) is 0 Å². The highest BCUT2D eigenvalue weighted by molar-refractivity contribution is 4.67. The summed E-state index contributed by atoms with van der Waals surface area (Å²) in [5, 5.41) is 0. The van der Waals surface area contributed by atoms with E-state index in [1.807, 2.05) is 0 Å². The molecule has 0 spiro atoms. The lowest BCUT2D eigenvalue weighted by atomic mass is 10.1. The summed E-state index contributed by atoms with van der Waals surface area (Å²) in [6.45, 7) is 5.92. The lowest BCUT2D eigenvalue weighted by Gasteiger charge is -2.29. The number of quaternary nitrogens is 1. The zero-order valence-corrected chi connectivity index (χ0v) is 15.7. The Morgan fingerprint density at radius 2 is 1.18 bits per heavy atom. The predicted molar refractivity (Wildman–Crippen MR) is 97.3 cm³/mol. The van der Waals surface area contributed by atoms with Crippen LogP contribution in [-0.4, -0.2) is 44.4 Å². The van der Waals surface area contributed by atoms with Gasteiger partial charge in [-0.25, -0.2) is 0 Å². The average Bonchev–Trinajstić information content (AvgIpc) is 3.31. The van der Waals surface area contributed by atoms with Gasteiger partial charge in [-0.15, -0.1) is 0 Å². The summed E-state index contributed by atoms with van der Waals surface area (Å²) in [6.07, 6.45) is 19.2. The van der Waals surface area contributed by atoms with E-state index in [0.717, 1.165) is 6.61 Å². The molecule has 1 aliphatic heterocycles. The number of nitrogens with zero attached hydrogens (tertiary/aromatic N) is 1. The van der Waals surface area contributed by atoms with Gasteiger partial charge in [0, 0.05) is 6.42 Å². The third-order valence-electron chi connectivity index (χ3n) is 5.08. The molecule has 1 rings (SSSR count). The smallest absolute Gasteiger partial charge is 0.0863 e. The molecule has 1 heterocycles. The van der Waals surface area contributed by atoms with Crippen LogP contribution in [0.1, 0.15) is 90.4 Å². The molecule has 1 unspecified atom stereocenters. The first-order valence-electron chi connectivity index (χ1n) is 10.1. The molecule has 0 amide bonds. The van der Waals surface area contributed by atoms with Crippen LogP contribution in [0.2, 0.25) is 0 Å². The van der Waals surface area contributed by atoms with E-state index in [1.165, 1.54) is 101 Å². The largest absolute Gasteiger partial charge is 0.373 e. The van der Waals surface area contributed by atoms with E-state index >= 15 is 0 Å². The minimum atomic E-state index is 0.597. The highest BCUT2D eigenvalue weighted by Crippen LogP contribution is 2.16. The summed E-state index contributed by atoms with van der Waals surface area (Å²) >= 11 is 0. The fraction of sp³-hybridized carbons (Fsp3) is 1.00. The molecule has 1 atom stereocenters. The van der Waals surface area contributed by atoms with Crippen LogP contribution in [0.25, 0.3) is 0 Å². The van der Waals surface area contributed by atoms with Crippen LogP contribution in [0, 0.1) is 0 Å². The number of epoxide rings is 1. The molecular weight excluding hydrogens is 270 g/mol. The van der Waals surface area contributed by atoms with Crippen LogP contribution < -0.4 is 0 Å². The zero-order chi connectivity index (χ0) is 16.1. The fourth-order valence-corrected chi connectivity index (χ4v) is 3.22. The summed E-state index contributed by atoms with van der Waals surface area (Å²) < 4.78 is 6.49. The molecule has 0 aromatic heterocycles. The number of unbranched alkanes of at least 4 members (excludes halogenated alkanes) is 11. The van der Waals surface area contributed by atoms with Crippen molar-refractivity contribution in [3.63, 3.8) is 0 Å². The second-order valence-corrected chi connectivity index (χ2v) is 8.02. The van der Waals surface area contributed by atoms with Gasteiger partial charge in [0.25, 0.3) is 0 Å². The van der Waals surface area contributed by atoms with Gasteiger partial charge in [0.15, 0.2) is 0 Å². The summed E-state index contributed by atoms with van der Waals surface area (Å²) in [6, 6.07) is 0. The lowest BCUT2D eigenvalue weighted by Crippen LogP contribution is -2.41. The van der Waals surface area contributed by atoms with Crippen LogP contribution in [-0.2, 0) is 4.74 Å². The van der Waals surface area contributed by atoms with E-state index in [0.29, 0.717) is 6.10 Å². The lowest BCUT2D eigenvalue weighted by molar-refractivity contribution is -0.890. The Labute approximate surface area is 140 Å². The summed E-state index contributed by atoms with van der Waals surface area (Å²) in [7, 11) is 4.75. The minimum Gasteiger partial charge on any atom is -0.373 e. The Morgan fingerprint density at radius 3 is 1.64 bits per heavy atom. The molecule has 0 N–H and O–H groups in total. The van der Waals surface area contributed by atoms with Crippen LogP contribution >= 0.6 is 0 Å². The average molecular weight is 313 g/mol. The summed E-state index contributed by atoms with van der Waals surface area (Å²) in [5.74, 6) is 0. The maximum atomic E-state index is 5.31. The maximum absolute atomic E-state index is 5.31. The third-order valence-corrected chi connectivity index (χ3v) is 5.08. The first kappa shape index (κ1) is 20.0. The van der Waals surface area contributed by atoms with Crippen molar-refractivity contribution in [2.24, 2.45) is 0 Å². The van der Waals surface area contributed by atoms with E-state index in [-0.39, 0.29) is 0 Å². The number of hydrogen-bond donors (Lipinski definition) is 0. The Kier molecular flexibility index (Phi) is 11.2. The monoisotopic (exact) mass is 312 g/mol. The van der Waals surface area contributed by atoms with Crippen molar-refractivity contribution in [1.82, 2.24) is 0 Å². The molecule has 132 valence electrons. The quantitative estimate of drug-likeness (QED) is 0.207. The summed E-state index contributed by atoms with van der Waals surface area (Å²) in [5.41, 5.74) is 0. The Hall–Kier alpha value is -0.0800. The van der Waals surface area contributed by atoms with Crippen LogP contribution in [0.5, 0.6) is 0 Å². The van der Waals surface area contributed by atoms with Crippen molar-refractivity contribution in [2.45, 2.75) is 96.5 Å². The topological polar surface area (TPSA) is 12.5 Å². The maximum Gasteiger partial charge on any atom is 0.0863 e. The van der Waals surface area contributed by atoms with E-state index in [1.54, 1.807) is 0 Å². The highest BCUT2D eigenvalue weighted by atomic mass is 16.6. The van der Waals surface area contributed by atoms with Gasteiger partial charge in [0.05, 0.1) is 39.9 Å². The highest BCUT2D eigenvalue weighted by Gasteiger charge is 2.26. The molecule has 2 heteroatoms. The van der Waals surface area contributed by atoms with Gasteiger partial charge in [-0.2, -0.15) is 0 Å². The van der Waals surface area contributed by atoms with E-state index in [2.05, 4.69) is 21.0 Å². The first-order valence-corrected chi connectivity index (χ1v) is 10.1. The zero-order valence-electron chi connectivity index (χ0n) is 15.7. The van der Waals surface area contributed by atoms with Gasteiger partial charge in [0.1, 0.15) is 0 Å².